The van der Waals surface area contributed by atoms with Crippen molar-refractivity contribution in [1.82, 2.24) is 0 Å². The van der Waals surface area contributed by atoms with Gasteiger partial charge >= 0.3 is 5.97 Å². The number of benzene rings is 2. The molecule has 5 heteroatoms. The van der Waals surface area contributed by atoms with E-state index in [0.717, 1.165) is 10.0 Å². The molecule has 22 heavy (non-hydrogen) atoms. The van der Waals surface area contributed by atoms with Gasteiger partial charge in [-0.3, -0.25) is 9.59 Å². The molecule has 0 heterocycles. The topological polar surface area (TPSA) is 52.6 Å². The van der Waals surface area contributed by atoms with Crippen molar-refractivity contribution in [2.75, 3.05) is 13.7 Å². The van der Waals surface area contributed by atoms with Crippen LogP contribution in [0.3, 0.4) is 0 Å². The molecule has 0 atom stereocenters. The molecule has 114 valence electrons. The predicted molar refractivity (Wildman–Crippen MR) is 86.1 cm³/mol. The van der Waals surface area contributed by atoms with Crippen LogP contribution in [-0.4, -0.2) is 25.5 Å². The molecule has 0 saturated carbocycles. The summed E-state index contributed by atoms with van der Waals surface area (Å²) in [7, 11) is 1.56. The van der Waals surface area contributed by atoms with E-state index < -0.39 is 5.97 Å². The van der Waals surface area contributed by atoms with Crippen LogP contribution in [-0.2, 0) is 16.0 Å². The van der Waals surface area contributed by atoms with Gasteiger partial charge in [0, 0.05) is 10.0 Å². The summed E-state index contributed by atoms with van der Waals surface area (Å²) >= 11 is 3.30. The Kier molecular flexibility index (Phi) is 5.72. The summed E-state index contributed by atoms with van der Waals surface area (Å²) < 4.78 is 10.9. The highest BCUT2D eigenvalue weighted by molar-refractivity contribution is 9.10. The molecule has 0 aliphatic carbocycles. The SMILES string of the molecule is COc1cccc(CC(=O)OCC(=O)c2cccc(Br)c2)c1. The molecule has 2 rings (SSSR count). The van der Waals surface area contributed by atoms with E-state index in [-0.39, 0.29) is 18.8 Å². The van der Waals surface area contributed by atoms with Crippen LogP contribution in [0.15, 0.2) is 53.0 Å². The first-order valence-corrected chi connectivity index (χ1v) is 7.45. The normalized spacial score (nSPS) is 10.1. The summed E-state index contributed by atoms with van der Waals surface area (Å²) in [5.74, 6) is -0.00703. The second kappa shape index (κ2) is 7.75. The Hall–Kier alpha value is -2.14. The first kappa shape index (κ1) is 16.2. The van der Waals surface area contributed by atoms with Crippen molar-refractivity contribution in [1.29, 1.82) is 0 Å². The number of hydrogen-bond donors (Lipinski definition) is 0. The lowest BCUT2D eigenvalue weighted by Gasteiger charge is -2.06. The van der Waals surface area contributed by atoms with Gasteiger partial charge in [-0.2, -0.15) is 0 Å². The Balaban J connectivity index is 1.88. The minimum absolute atomic E-state index is 0.100. The largest absolute Gasteiger partial charge is 0.497 e. The monoisotopic (exact) mass is 362 g/mol. The molecule has 2 aromatic rings. The van der Waals surface area contributed by atoms with Crippen molar-refractivity contribution in [3.63, 3.8) is 0 Å². The van der Waals surface area contributed by atoms with Gasteiger partial charge in [-0.1, -0.05) is 40.2 Å². The maximum Gasteiger partial charge on any atom is 0.310 e. The molecule has 0 saturated heterocycles. The van der Waals surface area contributed by atoms with Crippen LogP contribution in [0, 0.1) is 0 Å². The van der Waals surface area contributed by atoms with Gasteiger partial charge in [-0.05, 0) is 29.8 Å². The van der Waals surface area contributed by atoms with E-state index in [9.17, 15) is 9.59 Å². The molecular weight excluding hydrogens is 348 g/mol. The lowest BCUT2D eigenvalue weighted by molar-refractivity contribution is -0.141. The van der Waals surface area contributed by atoms with Gasteiger partial charge in [0.25, 0.3) is 0 Å². The molecule has 0 fully saturated rings. The van der Waals surface area contributed by atoms with Gasteiger partial charge in [-0.15, -0.1) is 0 Å². The number of methoxy groups -OCH3 is 1. The Bertz CT molecular complexity index is 682. The minimum atomic E-state index is -0.448. The Labute approximate surface area is 137 Å². The maximum atomic E-state index is 11.9. The molecular formula is C17H15BrO4. The van der Waals surface area contributed by atoms with E-state index in [4.69, 9.17) is 9.47 Å². The number of esters is 1. The molecule has 0 aromatic heterocycles. The van der Waals surface area contributed by atoms with E-state index in [2.05, 4.69) is 15.9 Å². The second-order valence-corrected chi connectivity index (χ2v) is 5.54. The van der Waals surface area contributed by atoms with Crippen molar-refractivity contribution in [2.45, 2.75) is 6.42 Å². The zero-order chi connectivity index (χ0) is 15.9. The van der Waals surface area contributed by atoms with E-state index in [1.54, 1.807) is 49.6 Å². The third kappa shape index (κ3) is 4.70. The van der Waals surface area contributed by atoms with Gasteiger partial charge in [0.2, 0.25) is 0 Å². The van der Waals surface area contributed by atoms with Crippen LogP contribution in [0.4, 0.5) is 0 Å². The Morgan fingerprint density at radius 2 is 1.86 bits per heavy atom. The van der Waals surface area contributed by atoms with Crippen LogP contribution in [0.1, 0.15) is 15.9 Å². The van der Waals surface area contributed by atoms with Crippen LogP contribution in [0.25, 0.3) is 0 Å². The average molecular weight is 363 g/mol. The highest BCUT2D eigenvalue weighted by Gasteiger charge is 2.11. The number of rotatable bonds is 6. The minimum Gasteiger partial charge on any atom is -0.497 e. The number of hydrogen-bond acceptors (Lipinski definition) is 4. The highest BCUT2D eigenvalue weighted by Crippen LogP contribution is 2.14. The lowest BCUT2D eigenvalue weighted by Crippen LogP contribution is -2.15. The molecule has 0 unspecified atom stereocenters. The Morgan fingerprint density at radius 3 is 2.59 bits per heavy atom. The van der Waals surface area contributed by atoms with Gasteiger partial charge in [0.1, 0.15) is 5.75 Å². The quantitative estimate of drug-likeness (QED) is 0.583. The smallest absolute Gasteiger partial charge is 0.310 e. The van der Waals surface area contributed by atoms with Gasteiger partial charge in [0.15, 0.2) is 12.4 Å². The third-order valence-corrected chi connectivity index (χ3v) is 3.49. The summed E-state index contributed by atoms with van der Waals surface area (Å²) in [5.41, 5.74) is 1.28. The van der Waals surface area contributed by atoms with Crippen molar-refractivity contribution >= 4 is 27.7 Å². The van der Waals surface area contributed by atoms with E-state index in [1.807, 2.05) is 6.07 Å². The standard InChI is InChI=1S/C17H15BrO4/c1-21-15-7-2-4-12(8-15)9-17(20)22-11-16(19)13-5-3-6-14(18)10-13/h2-8,10H,9,11H2,1H3. The van der Waals surface area contributed by atoms with E-state index in [0.29, 0.717) is 11.3 Å². The first-order chi connectivity index (χ1) is 10.6. The van der Waals surface area contributed by atoms with Crippen molar-refractivity contribution < 1.29 is 19.1 Å². The summed E-state index contributed by atoms with van der Waals surface area (Å²) in [6, 6.07) is 14.1. The molecule has 0 radical (unpaired) electrons. The molecule has 4 nitrogen and oxygen atoms in total. The van der Waals surface area contributed by atoms with Crippen molar-refractivity contribution in [3.05, 3.63) is 64.1 Å². The Morgan fingerprint density at radius 1 is 1.09 bits per heavy atom. The number of Topliss-reactive ketones (excluding diaryl/α,β-unsaturated/α-hetero) is 1. The molecule has 0 aliphatic rings. The van der Waals surface area contributed by atoms with E-state index >= 15 is 0 Å². The summed E-state index contributed by atoms with van der Waals surface area (Å²) in [5, 5.41) is 0. The first-order valence-electron chi connectivity index (χ1n) is 6.66. The molecule has 0 amide bonds. The van der Waals surface area contributed by atoms with Crippen LogP contribution in [0.5, 0.6) is 5.75 Å². The number of carbonyl (C=O) groups excluding carboxylic acids is 2. The predicted octanol–water partition coefficient (Wildman–Crippen LogP) is 3.43. The molecule has 0 aliphatic heterocycles. The van der Waals surface area contributed by atoms with Crippen molar-refractivity contribution in [3.8, 4) is 5.75 Å². The fourth-order valence-electron chi connectivity index (χ4n) is 1.89. The van der Waals surface area contributed by atoms with Gasteiger partial charge in [-0.25, -0.2) is 0 Å². The average Bonchev–Trinajstić information content (AvgIpc) is 2.52. The zero-order valence-corrected chi connectivity index (χ0v) is 13.6. The summed E-state index contributed by atoms with van der Waals surface area (Å²) in [6.07, 6.45) is 0.100. The number of ether oxygens (including phenoxy) is 2. The van der Waals surface area contributed by atoms with Gasteiger partial charge in [0.05, 0.1) is 13.5 Å². The maximum absolute atomic E-state index is 11.9. The molecule has 0 bridgehead atoms. The second-order valence-electron chi connectivity index (χ2n) is 4.62. The molecule has 2 aromatic carbocycles. The summed E-state index contributed by atoms with van der Waals surface area (Å²) in [6.45, 7) is -0.265. The molecule has 0 spiro atoms. The number of ketones is 1. The van der Waals surface area contributed by atoms with Crippen LogP contribution >= 0.6 is 15.9 Å². The fourth-order valence-corrected chi connectivity index (χ4v) is 2.29. The van der Waals surface area contributed by atoms with Crippen molar-refractivity contribution in [2.24, 2.45) is 0 Å². The zero-order valence-electron chi connectivity index (χ0n) is 12.0. The van der Waals surface area contributed by atoms with Crippen LogP contribution < -0.4 is 4.74 Å². The molecule has 0 N–H and O–H groups in total. The van der Waals surface area contributed by atoms with Crippen LogP contribution in [0.2, 0.25) is 0 Å². The summed E-state index contributed by atoms with van der Waals surface area (Å²) in [4.78, 5) is 23.7. The number of carbonyl (C=O) groups is 2. The fraction of sp³-hybridized carbons (Fsp3) is 0.176. The number of halogens is 1. The van der Waals surface area contributed by atoms with Gasteiger partial charge < -0.3 is 9.47 Å². The third-order valence-electron chi connectivity index (χ3n) is 2.99. The highest BCUT2D eigenvalue weighted by atomic mass is 79.9. The van der Waals surface area contributed by atoms with E-state index in [1.165, 1.54) is 0 Å². The lowest BCUT2D eigenvalue weighted by atomic mass is 10.1.